The topological polar surface area (TPSA) is 37.3 Å². The van der Waals surface area contributed by atoms with E-state index in [1.54, 1.807) is 0 Å². The van der Waals surface area contributed by atoms with Crippen molar-refractivity contribution in [1.82, 2.24) is 0 Å². The third-order valence-corrected chi connectivity index (χ3v) is 8.27. The summed E-state index contributed by atoms with van der Waals surface area (Å²) in [4.78, 5) is 11.1. The van der Waals surface area contributed by atoms with Crippen LogP contribution < -0.4 is 0 Å². The van der Waals surface area contributed by atoms with Gasteiger partial charge in [0.2, 0.25) is 0 Å². The molecule has 0 aliphatic carbocycles. The minimum Gasteiger partial charge on any atom is -0.480 e. The summed E-state index contributed by atoms with van der Waals surface area (Å²) < 4.78 is 337. The van der Waals surface area contributed by atoms with E-state index >= 15 is 0 Å². The average molecular weight is 816 g/mol. The summed E-state index contributed by atoms with van der Waals surface area (Å²) in [5.41, 5.74) is 0. The Morgan fingerprint density at radius 2 is 0.604 bits per heavy atom. The van der Waals surface area contributed by atoms with Crippen LogP contribution in [-0.2, 0) is 4.79 Å². The lowest BCUT2D eigenvalue weighted by Gasteiger charge is -2.39. The minimum atomic E-state index is -8.30. The normalized spacial score (nSPS) is 16.1. The van der Waals surface area contributed by atoms with Crippen molar-refractivity contribution < 1.29 is 124 Å². The second kappa shape index (κ2) is 13.2. The van der Waals surface area contributed by atoms with Gasteiger partial charge in [0, 0.05) is 24.3 Å². The van der Waals surface area contributed by atoms with Crippen LogP contribution >= 0.6 is 23.5 Å². The lowest BCUT2D eigenvalue weighted by atomic mass is 9.93. The lowest BCUT2D eigenvalue weighted by Crippen LogP contribution is -2.70. The van der Waals surface area contributed by atoms with Gasteiger partial charge in [0.25, 0.3) is 0 Å². The highest BCUT2D eigenvalue weighted by Crippen LogP contribution is 2.62. The van der Waals surface area contributed by atoms with Gasteiger partial charge >= 0.3 is 77.5 Å². The molecule has 30 heteroatoms. The quantitative estimate of drug-likeness (QED) is 0.117. The van der Waals surface area contributed by atoms with Crippen LogP contribution in [-0.4, -0.2) is 98.7 Å². The zero-order valence-corrected chi connectivity index (χ0v) is 23.0. The molecule has 0 aromatic rings. The van der Waals surface area contributed by atoms with Crippen LogP contribution in [0.5, 0.6) is 0 Å². The van der Waals surface area contributed by atoms with Gasteiger partial charge in [-0.05, 0) is 0 Å². The van der Waals surface area contributed by atoms with E-state index in [9.17, 15) is 119 Å². The maximum absolute atomic E-state index is 13.8. The SMILES string of the molecule is O=C(O)C(SCCC(F)(F)C(F)(F)C(F)(F)C(F)(F)C(F)(F)C(F)(F)F)SCCC(F)(F)C(F)(F)C(F)(F)C(F)(F)C(F)(F)C(F)(F)F. The molecule has 0 saturated carbocycles. The Hall–Kier alpha value is -1.65. The molecular formula is C18H10F26O2S2. The summed E-state index contributed by atoms with van der Waals surface area (Å²) in [6, 6.07) is 0. The van der Waals surface area contributed by atoms with Gasteiger partial charge < -0.3 is 5.11 Å². The molecule has 0 radical (unpaired) electrons. The van der Waals surface area contributed by atoms with Crippen molar-refractivity contribution in [3.8, 4) is 0 Å². The molecule has 0 aliphatic heterocycles. The van der Waals surface area contributed by atoms with Gasteiger partial charge in [-0.25, -0.2) is 0 Å². The first-order valence-electron chi connectivity index (χ1n) is 10.9. The zero-order chi connectivity index (χ0) is 39.4. The van der Waals surface area contributed by atoms with E-state index in [2.05, 4.69) is 0 Å². The lowest BCUT2D eigenvalue weighted by molar-refractivity contribution is -0.439. The fraction of sp³-hybridized carbons (Fsp3) is 0.944. The van der Waals surface area contributed by atoms with E-state index in [-0.39, 0.29) is 0 Å². The Balaban J connectivity index is 5.91. The number of carboxylic acids is 1. The predicted molar refractivity (Wildman–Crippen MR) is 107 cm³/mol. The Bertz CT molecular complexity index is 1040. The van der Waals surface area contributed by atoms with Crippen molar-refractivity contribution >= 4 is 29.5 Å². The molecule has 48 heavy (non-hydrogen) atoms. The number of carbonyl (C=O) groups is 1. The summed E-state index contributed by atoms with van der Waals surface area (Å²) in [5.74, 6) is -85.2. The first kappa shape index (κ1) is 46.4. The Morgan fingerprint density at radius 1 is 0.396 bits per heavy atom. The molecule has 0 fully saturated rings. The van der Waals surface area contributed by atoms with Gasteiger partial charge in [-0.3, -0.25) is 4.79 Å². The van der Waals surface area contributed by atoms with Crippen LogP contribution in [0.25, 0.3) is 0 Å². The number of aliphatic carboxylic acids is 1. The van der Waals surface area contributed by atoms with Crippen LogP contribution in [0.2, 0.25) is 0 Å². The molecule has 0 amide bonds. The van der Waals surface area contributed by atoms with E-state index in [4.69, 9.17) is 5.11 Å². The number of rotatable bonds is 17. The summed E-state index contributed by atoms with van der Waals surface area (Å²) >= 11 is -1.72. The smallest absolute Gasteiger partial charge is 0.460 e. The Kier molecular flexibility index (Phi) is 12.7. The minimum absolute atomic E-state index is 0.861. The van der Waals surface area contributed by atoms with Crippen LogP contribution in [0.4, 0.5) is 114 Å². The fourth-order valence-corrected chi connectivity index (χ4v) is 5.12. The van der Waals surface area contributed by atoms with Crippen molar-refractivity contribution in [2.45, 2.75) is 89.0 Å². The monoisotopic (exact) mass is 816 g/mol. The Morgan fingerprint density at radius 3 is 0.792 bits per heavy atom. The third kappa shape index (κ3) is 7.37. The first-order chi connectivity index (χ1) is 20.5. The second-order valence-corrected chi connectivity index (χ2v) is 11.6. The van der Waals surface area contributed by atoms with Crippen molar-refractivity contribution in [2.24, 2.45) is 0 Å². The molecule has 0 aromatic heterocycles. The van der Waals surface area contributed by atoms with E-state index in [1.807, 2.05) is 0 Å². The van der Waals surface area contributed by atoms with Crippen LogP contribution in [0.3, 0.4) is 0 Å². The van der Waals surface area contributed by atoms with Crippen LogP contribution in [0.15, 0.2) is 0 Å². The summed E-state index contributed by atoms with van der Waals surface area (Å²) in [6.07, 6.45) is -21.6. The Labute approximate surface area is 254 Å². The largest absolute Gasteiger partial charge is 0.480 e. The maximum Gasteiger partial charge on any atom is 0.460 e. The van der Waals surface area contributed by atoms with E-state index in [1.165, 1.54) is 0 Å². The van der Waals surface area contributed by atoms with Crippen molar-refractivity contribution in [1.29, 1.82) is 0 Å². The number of halogens is 26. The standard InChI is InChI=1S/C18H10F26O2S2/c19-7(20,9(23,24)11(27,28)13(31,32)15(35,36)17(39,40)41)1-3-47-6(5(45)46)48-4-2-8(21,22)10(25,26)12(29,30)14(33,34)16(37,38)18(42,43)44/h6H,1-4H2,(H,45,46). The van der Waals surface area contributed by atoms with Crippen molar-refractivity contribution in [3.63, 3.8) is 0 Å². The molecule has 0 heterocycles. The van der Waals surface area contributed by atoms with Crippen LogP contribution in [0.1, 0.15) is 12.8 Å². The predicted octanol–water partition coefficient (Wildman–Crippen LogP) is 10.1. The third-order valence-electron chi connectivity index (χ3n) is 5.57. The van der Waals surface area contributed by atoms with Gasteiger partial charge in [-0.2, -0.15) is 114 Å². The molecule has 0 rings (SSSR count). The number of hydrogen-bond donors (Lipinski definition) is 1. The molecule has 0 aromatic carbocycles. The zero-order valence-electron chi connectivity index (χ0n) is 21.4. The molecule has 1 N–H and O–H groups in total. The maximum atomic E-state index is 13.8. The van der Waals surface area contributed by atoms with Gasteiger partial charge in [-0.1, -0.05) is 0 Å². The molecule has 0 saturated heterocycles. The highest BCUT2D eigenvalue weighted by molar-refractivity contribution is 8.18. The van der Waals surface area contributed by atoms with E-state index < -0.39 is 130 Å². The molecule has 0 spiro atoms. The molecule has 288 valence electrons. The molecular weight excluding hydrogens is 806 g/mol. The average Bonchev–Trinajstić information content (AvgIpc) is 2.85. The molecule has 0 aliphatic rings. The first-order valence-corrected chi connectivity index (χ1v) is 13.0. The fourth-order valence-electron chi connectivity index (χ4n) is 2.70. The van der Waals surface area contributed by atoms with E-state index in [0.717, 1.165) is 0 Å². The van der Waals surface area contributed by atoms with Crippen LogP contribution in [0, 0.1) is 0 Å². The van der Waals surface area contributed by atoms with Crippen molar-refractivity contribution in [3.05, 3.63) is 0 Å². The highest BCUT2D eigenvalue weighted by atomic mass is 32.2. The van der Waals surface area contributed by atoms with E-state index in [0.29, 0.717) is 0 Å². The number of thioether (sulfide) groups is 2. The number of carboxylic acid groups (broad SMARTS) is 1. The number of hydrogen-bond acceptors (Lipinski definition) is 3. The molecule has 2 nitrogen and oxygen atoms in total. The summed E-state index contributed by atoms with van der Waals surface area (Å²) in [5, 5.41) is 8.82. The highest BCUT2D eigenvalue weighted by Gasteiger charge is 2.92. The number of alkyl halides is 26. The van der Waals surface area contributed by atoms with Gasteiger partial charge in [-0.15, -0.1) is 23.5 Å². The van der Waals surface area contributed by atoms with Crippen molar-refractivity contribution in [2.75, 3.05) is 11.5 Å². The second-order valence-electron chi connectivity index (χ2n) is 8.91. The van der Waals surface area contributed by atoms with Gasteiger partial charge in [0.05, 0.1) is 0 Å². The van der Waals surface area contributed by atoms with Gasteiger partial charge in [0.1, 0.15) is 4.58 Å². The molecule has 0 unspecified atom stereocenters. The molecule has 0 atom stereocenters. The van der Waals surface area contributed by atoms with Gasteiger partial charge in [0.15, 0.2) is 0 Å². The summed E-state index contributed by atoms with van der Waals surface area (Å²) in [7, 11) is 0. The molecule has 0 bridgehead atoms. The summed E-state index contributed by atoms with van der Waals surface area (Å²) in [6.45, 7) is 0.